The number of phenolic OH excluding ortho intramolecular Hbond substituents is 1. The summed E-state index contributed by atoms with van der Waals surface area (Å²) in [6.45, 7) is 6.60. The van der Waals surface area contributed by atoms with Crippen LogP contribution < -0.4 is 0 Å². The molecule has 1 N–H and O–H groups in total. The molecule has 0 bridgehead atoms. The molecular weight excluding hydrogens is 376 g/mol. The molecule has 31 heavy (non-hydrogen) atoms. The lowest BCUT2D eigenvalue weighted by atomic mass is 9.82. The Morgan fingerprint density at radius 3 is 1.13 bits per heavy atom. The van der Waals surface area contributed by atoms with Gasteiger partial charge in [-0.3, -0.25) is 0 Å². The molecule has 0 saturated carbocycles. The molecule has 0 heterocycles. The summed E-state index contributed by atoms with van der Waals surface area (Å²) in [5.41, 5.74) is 6.92. The van der Waals surface area contributed by atoms with Crippen LogP contribution in [0.1, 0.15) is 71.9 Å². The van der Waals surface area contributed by atoms with Gasteiger partial charge in [0.05, 0.1) is 0 Å². The average molecular weight is 407 g/mol. The topological polar surface area (TPSA) is 20.2 Å². The number of hydrogen-bond donors (Lipinski definition) is 1. The molecule has 0 fully saturated rings. The Morgan fingerprint density at radius 2 is 0.774 bits per heavy atom. The Hall–Kier alpha value is -3.32. The largest absolute Gasteiger partial charge is 0.507 e. The van der Waals surface area contributed by atoms with Crippen molar-refractivity contribution >= 4 is 0 Å². The van der Waals surface area contributed by atoms with Crippen LogP contribution in [-0.4, -0.2) is 5.11 Å². The van der Waals surface area contributed by atoms with Crippen molar-refractivity contribution in [1.29, 1.82) is 0 Å². The quantitative estimate of drug-likeness (QED) is 0.346. The van der Waals surface area contributed by atoms with Crippen LogP contribution in [0.4, 0.5) is 0 Å². The molecule has 0 saturated heterocycles. The van der Waals surface area contributed by atoms with E-state index in [9.17, 15) is 5.11 Å². The summed E-state index contributed by atoms with van der Waals surface area (Å²) in [5, 5.41) is 11.4. The van der Waals surface area contributed by atoms with Gasteiger partial charge in [0.2, 0.25) is 0 Å². The van der Waals surface area contributed by atoms with Gasteiger partial charge in [-0.05, 0) is 22.3 Å². The predicted octanol–water partition coefficient (Wildman–Crippen LogP) is 7.85. The summed E-state index contributed by atoms with van der Waals surface area (Å²) in [4.78, 5) is 0. The van der Waals surface area contributed by atoms with E-state index < -0.39 is 0 Å². The van der Waals surface area contributed by atoms with E-state index in [2.05, 4.69) is 112 Å². The molecule has 0 amide bonds. The van der Waals surface area contributed by atoms with Crippen LogP contribution in [0, 0.1) is 0 Å². The van der Waals surface area contributed by atoms with Gasteiger partial charge in [0.25, 0.3) is 0 Å². The molecule has 1 nitrogen and oxygen atoms in total. The maximum absolute atomic E-state index is 11.4. The minimum absolute atomic E-state index is 0.103. The number of phenols is 1. The number of benzene rings is 4. The maximum atomic E-state index is 11.4. The van der Waals surface area contributed by atoms with Crippen LogP contribution in [0.5, 0.6) is 5.75 Å². The highest BCUT2D eigenvalue weighted by atomic mass is 16.3. The summed E-state index contributed by atoms with van der Waals surface area (Å²) in [6, 6.07) is 35.9. The average Bonchev–Trinajstić information content (AvgIpc) is 2.84. The lowest BCUT2D eigenvalue weighted by Gasteiger charge is -2.24. The molecule has 0 aliphatic heterocycles. The maximum Gasteiger partial charge on any atom is 0.123 e. The van der Waals surface area contributed by atoms with Crippen LogP contribution in [0.3, 0.4) is 0 Å². The molecular formula is C30H30O. The number of aromatic hydroxyl groups is 1. The van der Waals surface area contributed by atoms with E-state index in [4.69, 9.17) is 0 Å². The van der Waals surface area contributed by atoms with Crippen LogP contribution in [0.15, 0.2) is 103 Å². The second-order valence-electron chi connectivity index (χ2n) is 8.45. The van der Waals surface area contributed by atoms with Crippen LogP contribution >= 0.6 is 0 Å². The van der Waals surface area contributed by atoms with Crippen LogP contribution in [0.25, 0.3) is 0 Å². The molecule has 3 atom stereocenters. The second kappa shape index (κ2) is 9.22. The third-order valence-electron chi connectivity index (χ3n) is 6.52. The van der Waals surface area contributed by atoms with E-state index in [-0.39, 0.29) is 17.8 Å². The summed E-state index contributed by atoms with van der Waals surface area (Å²) >= 11 is 0. The molecule has 0 aromatic heterocycles. The second-order valence-corrected chi connectivity index (χ2v) is 8.45. The minimum Gasteiger partial charge on any atom is -0.507 e. The highest BCUT2D eigenvalue weighted by Crippen LogP contribution is 2.41. The molecule has 0 aliphatic rings. The third kappa shape index (κ3) is 4.41. The molecule has 4 aromatic carbocycles. The highest BCUT2D eigenvalue weighted by molar-refractivity contribution is 5.53. The fourth-order valence-corrected chi connectivity index (χ4v) is 4.39. The van der Waals surface area contributed by atoms with E-state index >= 15 is 0 Å². The van der Waals surface area contributed by atoms with E-state index in [1.54, 1.807) is 0 Å². The summed E-state index contributed by atoms with van der Waals surface area (Å²) < 4.78 is 0. The molecule has 4 aromatic rings. The third-order valence-corrected chi connectivity index (χ3v) is 6.52. The Morgan fingerprint density at radius 1 is 0.452 bits per heavy atom. The van der Waals surface area contributed by atoms with Gasteiger partial charge in [0, 0.05) is 28.9 Å². The molecule has 0 aliphatic carbocycles. The smallest absolute Gasteiger partial charge is 0.123 e. The molecule has 0 unspecified atom stereocenters. The van der Waals surface area contributed by atoms with Crippen molar-refractivity contribution in [2.24, 2.45) is 0 Å². The first-order chi connectivity index (χ1) is 15.1. The Balaban J connectivity index is 1.86. The van der Waals surface area contributed by atoms with Crippen molar-refractivity contribution in [2.45, 2.75) is 38.5 Å². The fraction of sp³-hybridized carbons (Fsp3) is 0.200. The first-order valence-corrected chi connectivity index (χ1v) is 11.1. The normalized spacial score (nSPS) is 14.0. The fourth-order valence-electron chi connectivity index (χ4n) is 4.39. The summed E-state index contributed by atoms with van der Waals surface area (Å²) in [6.07, 6.45) is 0. The first kappa shape index (κ1) is 20.9. The number of hydrogen-bond acceptors (Lipinski definition) is 1. The van der Waals surface area contributed by atoms with Crippen molar-refractivity contribution in [3.8, 4) is 5.75 Å². The lowest BCUT2D eigenvalue weighted by Crippen LogP contribution is -2.06. The van der Waals surface area contributed by atoms with E-state index in [0.717, 1.165) is 11.1 Å². The monoisotopic (exact) mass is 406 g/mol. The van der Waals surface area contributed by atoms with Gasteiger partial charge >= 0.3 is 0 Å². The van der Waals surface area contributed by atoms with Crippen molar-refractivity contribution in [3.05, 3.63) is 137 Å². The van der Waals surface area contributed by atoms with Crippen molar-refractivity contribution in [1.82, 2.24) is 0 Å². The highest BCUT2D eigenvalue weighted by Gasteiger charge is 2.23. The Kier molecular flexibility index (Phi) is 6.23. The Bertz CT molecular complexity index is 1050. The Labute approximate surface area is 186 Å². The zero-order valence-corrected chi connectivity index (χ0v) is 18.5. The van der Waals surface area contributed by atoms with E-state index in [1.807, 2.05) is 12.1 Å². The van der Waals surface area contributed by atoms with Crippen molar-refractivity contribution in [2.75, 3.05) is 0 Å². The predicted molar refractivity (Wildman–Crippen MR) is 130 cm³/mol. The number of rotatable bonds is 6. The molecule has 156 valence electrons. The van der Waals surface area contributed by atoms with Crippen LogP contribution in [-0.2, 0) is 0 Å². The van der Waals surface area contributed by atoms with E-state index in [1.165, 1.54) is 22.3 Å². The van der Waals surface area contributed by atoms with Gasteiger partial charge in [0.1, 0.15) is 5.75 Å². The molecule has 0 radical (unpaired) electrons. The van der Waals surface area contributed by atoms with Gasteiger partial charge < -0.3 is 5.11 Å². The first-order valence-electron chi connectivity index (χ1n) is 11.1. The summed E-state index contributed by atoms with van der Waals surface area (Å²) in [5.74, 6) is 0.860. The molecule has 1 heteroatoms. The van der Waals surface area contributed by atoms with Crippen molar-refractivity contribution in [3.63, 3.8) is 0 Å². The molecule has 0 spiro atoms. The standard InChI is InChI=1S/C30H30O/c1-21(24-13-7-4-8-14-24)27-19-28(22(2)25-15-9-5-10-16-25)30(31)29(20-27)23(3)26-17-11-6-12-18-26/h4-23,31H,1-3H3/t21-,22+,23+/m1/s1. The minimum atomic E-state index is 0.103. The van der Waals surface area contributed by atoms with Crippen LogP contribution in [0.2, 0.25) is 0 Å². The summed E-state index contributed by atoms with van der Waals surface area (Å²) in [7, 11) is 0. The lowest BCUT2D eigenvalue weighted by molar-refractivity contribution is 0.456. The zero-order chi connectivity index (χ0) is 21.8. The van der Waals surface area contributed by atoms with Gasteiger partial charge in [0.15, 0.2) is 0 Å². The van der Waals surface area contributed by atoms with E-state index in [0.29, 0.717) is 5.75 Å². The van der Waals surface area contributed by atoms with Crippen molar-refractivity contribution < 1.29 is 5.11 Å². The zero-order valence-electron chi connectivity index (χ0n) is 18.5. The van der Waals surface area contributed by atoms with Gasteiger partial charge in [-0.1, -0.05) is 124 Å². The van der Waals surface area contributed by atoms with Gasteiger partial charge in [-0.2, -0.15) is 0 Å². The van der Waals surface area contributed by atoms with Gasteiger partial charge in [-0.15, -0.1) is 0 Å². The SMILES string of the molecule is C[C@H](c1ccccc1)c1cc([C@@H](C)c2ccccc2)c(O)c([C@@H](C)c2ccccc2)c1. The molecule has 4 rings (SSSR count). The van der Waals surface area contributed by atoms with Gasteiger partial charge in [-0.25, -0.2) is 0 Å².